The number of pyridine rings is 1. The van der Waals surface area contributed by atoms with Crippen LogP contribution in [0.3, 0.4) is 0 Å². The van der Waals surface area contributed by atoms with Gasteiger partial charge in [0, 0.05) is 6.07 Å². The Bertz CT molecular complexity index is 425. The number of nitrogens with one attached hydrogen (secondary N) is 1. The quantitative estimate of drug-likeness (QED) is 0.448. The Kier molecular flexibility index (Phi) is 3.43. The molecule has 0 aliphatic rings. The molecule has 1 rings (SSSR count). The molecule has 1 heterocycles. The van der Waals surface area contributed by atoms with Crippen LogP contribution in [-0.2, 0) is 6.42 Å². The number of rotatable bonds is 4. The van der Waals surface area contributed by atoms with E-state index in [1.54, 1.807) is 0 Å². The molecule has 0 saturated heterocycles. The van der Waals surface area contributed by atoms with E-state index >= 15 is 0 Å². The van der Waals surface area contributed by atoms with E-state index in [0.717, 1.165) is 18.9 Å². The van der Waals surface area contributed by atoms with Gasteiger partial charge in [-0.3, -0.25) is 15.5 Å². The van der Waals surface area contributed by atoms with E-state index in [-0.39, 0.29) is 11.2 Å². The first kappa shape index (κ1) is 11.2. The zero-order chi connectivity index (χ0) is 11.4. The summed E-state index contributed by atoms with van der Waals surface area (Å²) in [5.41, 5.74) is -0.0252. The summed E-state index contributed by atoms with van der Waals surface area (Å²) < 4.78 is 0.683. The van der Waals surface area contributed by atoms with E-state index in [4.69, 9.17) is 5.41 Å². The first-order valence-electron chi connectivity index (χ1n) is 4.70. The maximum atomic E-state index is 10.5. The second-order valence-electron chi connectivity index (χ2n) is 3.26. The van der Waals surface area contributed by atoms with Crippen molar-refractivity contribution in [3.05, 3.63) is 33.4 Å². The van der Waals surface area contributed by atoms with Crippen molar-refractivity contribution in [2.24, 2.45) is 0 Å². The molecule has 0 unspecified atom stereocenters. The Morgan fingerprint density at radius 1 is 1.60 bits per heavy atom. The Morgan fingerprint density at radius 3 is 2.80 bits per heavy atom. The molecule has 6 heteroatoms. The van der Waals surface area contributed by atoms with Crippen LogP contribution in [0.25, 0.3) is 0 Å². The zero-order valence-electron chi connectivity index (χ0n) is 8.43. The fourth-order valence-corrected chi connectivity index (χ4v) is 1.27. The number of hydrogen-bond donors (Lipinski definition) is 2. The molecule has 6 nitrogen and oxygen atoms in total. The third-order valence-electron chi connectivity index (χ3n) is 2.10. The van der Waals surface area contributed by atoms with Crippen molar-refractivity contribution in [1.29, 1.82) is 5.41 Å². The van der Waals surface area contributed by atoms with Crippen LogP contribution in [0.5, 0.6) is 0 Å². The van der Waals surface area contributed by atoms with E-state index in [9.17, 15) is 15.3 Å². The molecular weight excluding hydrogens is 198 g/mol. The van der Waals surface area contributed by atoms with Crippen LogP contribution >= 0.6 is 0 Å². The number of nitrogens with zero attached hydrogens (tertiary/aromatic N) is 2. The fraction of sp³-hybridized carbons (Fsp3) is 0.444. The van der Waals surface area contributed by atoms with Gasteiger partial charge in [-0.15, -0.1) is 0 Å². The van der Waals surface area contributed by atoms with Crippen molar-refractivity contribution >= 4 is 5.69 Å². The third kappa shape index (κ3) is 2.55. The van der Waals surface area contributed by atoms with Gasteiger partial charge in [0.05, 0.1) is 16.7 Å². The van der Waals surface area contributed by atoms with Crippen LogP contribution in [0.2, 0.25) is 0 Å². The summed E-state index contributed by atoms with van der Waals surface area (Å²) in [6.07, 6.45) is 2.28. The van der Waals surface area contributed by atoms with Gasteiger partial charge in [0.2, 0.25) is 0 Å². The summed E-state index contributed by atoms with van der Waals surface area (Å²) in [7, 11) is 0. The molecule has 0 saturated carbocycles. The maximum absolute atomic E-state index is 10.5. The van der Waals surface area contributed by atoms with Crippen LogP contribution in [0.15, 0.2) is 12.1 Å². The van der Waals surface area contributed by atoms with Gasteiger partial charge in [0.1, 0.15) is 0 Å². The lowest BCUT2D eigenvalue weighted by molar-refractivity contribution is -0.385. The highest BCUT2D eigenvalue weighted by Crippen LogP contribution is 2.11. The van der Waals surface area contributed by atoms with Crippen molar-refractivity contribution in [3.63, 3.8) is 0 Å². The summed E-state index contributed by atoms with van der Waals surface area (Å²) >= 11 is 0. The van der Waals surface area contributed by atoms with E-state index in [1.165, 1.54) is 6.07 Å². The van der Waals surface area contributed by atoms with Crippen molar-refractivity contribution < 1.29 is 10.1 Å². The van der Waals surface area contributed by atoms with Crippen LogP contribution in [-0.4, -0.2) is 14.9 Å². The molecule has 15 heavy (non-hydrogen) atoms. The second-order valence-corrected chi connectivity index (χ2v) is 3.26. The predicted molar refractivity (Wildman–Crippen MR) is 52.7 cm³/mol. The lowest BCUT2D eigenvalue weighted by Gasteiger charge is -2.06. The SMILES string of the molecule is CCCCc1cc([N+](=O)[O-])cc(=N)n1O. The lowest BCUT2D eigenvalue weighted by atomic mass is 10.2. The first-order chi connectivity index (χ1) is 7.06. The summed E-state index contributed by atoms with van der Waals surface area (Å²) in [6.45, 7) is 1.99. The second kappa shape index (κ2) is 4.59. The Morgan fingerprint density at radius 2 is 2.27 bits per heavy atom. The number of unbranched alkanes of at least 4 members (excludes halogenated alkanes) is 1. The van der Waals surface area contributed by atoms with Crippen LogP contribution in [0, 0.1) is 15.5 Å². The van der Waals surface area contributed by atoms with Crippen LogP contribution in [0.4, 0.5) is 5.69 Å². The highest BCUT2D eigenvalue weighted by atomic mass is 16.6. The summed E-state index contributed by atoms with van der Waals surface area (Å²) in [6, 6.07) is 2.32. The molecule has 0 aliphatic carbocycles. The normalized spacial score (nSPS) is 10.2. The lowest BCUT2D eigenvalue weighted by Crippen LogP contribution is -2.21. The monoisotopic (exact) mass is 211 g/mol. The van der Waals surface area contributed by atoms with Gasteiger partial charge in [0.15, 0.2) is 5.49 Å². The average molecular weight is 211 g/mol. The minimum Gasteiger partial charge on any atom is -0.427 e. The highest BCUT2D eigenvalue weighted by Gasteiger charge is 2.10. The van der Waals surface area contributed by atoms with E-state index in [1.807, 2.05) is 6.92 Å². The van der Waals surface area contributed by atoms with Gasteiger partial charge in [-0.2, -0.15) is 4.73 Å². The zero-order valence-corrected chi connectivity index (χ0v) is 8.43. The van der Waals surface area contributed by atoms with Gasteiger partial charge in [0.25, 0.3) is 5.69 Å². The number of aromatic nitrogens is 1. The third-order valence-corrected chi connectivity index (χ3v) is 2.10. The molecule has 0 spiro atoms. The van der Waals surface area contributed by atoms with E-state index in [2.05, 4.69) is 0 Å². The summed E-state index contributed by atoms with van der Waals surface area (Å²) in [5.74, 6) is 0. The van der Waals surface area contributed by atoms with Crippen molar-refractivity contribution in [2.75, 3.05) is 0 Å². The van der Waals surface area contributed by atoms with Crippen molar-refractivity contribution in [3.8, 4) is 0 Å². The molecule has 1 aromatic heterocycles. The molecule has 0 amide bonds. The van der Waals surface area contributed by atoms with E-state index < -0.39 is 4.92 Å². The largest absolute Gasteiger partial charge is 0.427 e. The molecule has 1 aromatic rings. The Balaban J connectivity index is 3.13. The smallest absolute Gasteiger partial charge is 0.275 e. The molecule has 0 fully saturated rings. The standard InChI is InChI=1S/C9H13N3O3/c1-2-3-4-7-5-8(12(14)15)6-9(10)11(7)13/h5-6,10,13H,2-4H2,1H3. The highest BCUT2D eigenvalue weighted by molar-refractivity contribution is 5.29. The number of nitro groups is 1. The first-order valence-corrected chi connectivity index (χ1v) is 4.70. The summed E-state index contributed by atoms with van der Waals surface area (Å²) in [4.78, 5) is 9.96. The molecule has 0 bridgehead atoms. The van der Waals surface area contributed by atoms with Crippen molar-refractivity contribution in [1.82, 2.24) is 4.73 Å². The predicted octanol–water partition coefficient (Wildman–Crippen LogP) is 1.46. The maximum Gasteiger partial charge on any atom is 0.275 e. The van der Waals surface area contributed by atoms with Crippen molar-refractivity contribution in [2.45, 2.75) is 26.2 Å². The molecule has 0 radical (unpaired) electrons. The van der Waals surface area contributed by atoms with Gasteiger partial charge in [-0.05, 0) is 12.8 Å². The number of aryl methyl sites for hydroxylation is 1. The topological polar surface area (TPSA) is 92.2 Å². The van der Waals surface area contributed by atoms with Crippen LogP contribution in [0.1, 0.15) is 25.5 Å². The minimum absolute atomic E-state index is 0.156. The molecule has 82 valence electrons. The molecule has 0 aliphatic heterocycles. The molecular formula is C9H13N3O3. The molecule has 0 aromatic carbocycles. The molecule has 0 atom stereocenters. The summed E-state index contributed by atoms with van der Waals surface area (Å²) in [5, 5.41) is 27.3. The van der Waals surface area contributed by atoms with Crippen LogP contribution < -0.4 is 5.49 Å². The van der Waals surface area contributed by atoms with Gasteiger partial charge in [-0.1, -0.05) is 13.3 Å². The van der Waals surface area contributed by atoms with Gasteiger partial charge < -0.3 is 5.21 Å². The molecule has 2 N–H and O–H groups in total. The van der Waals surface area contributed by atoms with Gasteiger partial charge >= 0.3 is 0 Å². The fourth-order valence-electron chi connectivity index (χ4n) is 1.27. The Hall–Kier alpha value is -1.85. The Labute approximate surface area is 86.4 Å². The average Bonchev–Trinajstić information content (AvgIpc) is 2.19. The minimum atomic E-state index is -0.562. The number of hydrogen-bond acceptors (Lipinski definition) is 4. The van der Waals surface area contributed by atoms with E-state index in [0.29, 0.717) is 16.8 Å². The van der Waals surface area contributed by atoms with Gasteiger partial charge in [-0.25, -0.2) is 0 Å².